The monoisotopic (exact) mass is 528 g/mol. The summed E-state index contributed by atoms with van der Waals surface area (Å²) in [6.45, 7) is 0.276. The van der Waals surface area contributed by atoms with Gasteiger partial charge in [-0.05, 0) is 49.4 Å². The van der Waals surface area contributed by atoms with Gasteiger partial charge < -0.3 is 9.64 Å². The molecule has 1 aliphatic heterocycles. The third kappa shape index (κ3) is 5.22. The second-order valence-corrected chi connectivity index (χ2v) is 11.3. The number of carbonyl (C=O) groups is 1. The van der Waals surface area contributed by atoms with Crippen molar-refractivity contribution >= 4 is 15.9 Å². The highest BCUT2D eigenvalue weighted by Gasteiger charge is 2.58. The van der Waals surface area contributed by atoms with Gasteiger partial charge in [-0.25, -0.2) is 30.7 Å². The van der Waals surface area contributed by atoms with Crippen LogP contribution in [0.15, 0.2) is 42.5 Å². The number of amides is 1. The molecular weight excluding hydrogens is 500 g/mol. The number of likely N-dealkylation sites (tertiary alicyclic amines) is 1. The maximum atomic E-state index is 15.7. The van der Waals surface area contributed by atoms with Gasteiger partial charge in [-0.1, -0.05) is 30.3 Å². The lowest BCUT2D eigenvalue weighted by molar-refractivity contribution is -0.142. The van der Waals surface area contributed by atoms with E-state index in [1.165, 1.54) is 26.2 Å². The molecule has 6 nitrogen and oxygen atoms in total. The van der Waals surface area contributed by atoms with Gasteiger partial charge in [-0.2, -0.15) is 0 Å². The minimum Gasteiger partial charge on any atom is -0.497 e. The number of alkyl halides is 3. The summed E-state index contributed by atoms with van der Waals surface area (Å²) in [6.07, 6.45) is -1.67. The van der Waals surface area contributed by atoms with Crippen molar-refractivity contribution in [2.45, 2.75) is 50.4 Å². The van der Waals surface area contributed by atoms with E-state index < -0.39 is 64.1 Å². The van der Waals surface area contributed by atoms with Crippen molar-refractivity contribution in [3.05, 3.63) is 53.8 Å². The number of rotatable bonds is 8. The van der Waals surface area contributed by atoms with Crippen LogP contribution >= 0.6 is 0 Å². The van der Waals surface area contributed by atoms with Gasteiger partial charge in [-0.3, -0.25) is 4.79 Å². The van der Waals surface area contributed by atoms with Crippen LogP contribution in [0, 0.1) is 11.7 Å². The van der Waals surface area contributed by atoms with Crippen molar-refractivity contribution < 1.29 is 35.5 Å². The molecule has 2 atom stereocenters. The fourth-order valence-corrected chi connectivity index (χ4v) is 5.66. The highest BCUT2D eigenvalue weighted by molar-refractivity contribution is 7.89. The van der Waals surface area contributed by atoms with Gasteiger partial charge in [0.25, 0.3) is 5.92 Å². The molecule has 1 N–H and O–H groups in total. The van der Waals surface area contributed by atoms with Crippen molar-refractivity contribution in [3.63, 3.8) is 0 Å². The number of sulfonamides is 1. The quantitative estimate of drug-likeness (QED) is 0.527. The van der Waals surface area contributed by atoms with E-state index in [4.69, 9.17) is 4.74 Å². The first-order valence-corrected chi connectivity index (χ1v) is 13.3. The van der Waals surface area contributed by atoms with Crippen LogP contribution < -0.4 is 9.46 Å². The Morgan fingerprint density at radius 1 is 1.19 bits per heavy atom. The summed E-state index contributed by atoms with van der Waals surface area (Å²) in [6, 6.07) is 7.90. The largest absolute Gasteiger partial charge is 0.497 e. The first kappa shape index (κ1) is 26.4. The highest BCUT2D eigenvalue weighted by Crippen LogP contribution is 2.40. The zero-order valence-electron chi connectivity index (χ0n) is 19.9. The predicted molar refractivity (Wildman–Crippen MR) is 127 cm³/mol. The normalized spacial score (nSPS) is 25.4. The standard InChI is InChI=1S/C25H28F4N2O4S/c1-3-36(33,34)30-23-21(31(14-25(23,28)29)24(32)17-10-18(26)11-17)13-16-7-5-9-20(22(16)27)15-6-4-8-19(12-15)35-2/h4-9,12,17-18,21,23,30H,3,10-11,13-14H2,1-2H3/t17?,18?,21-,23+/m0/s1. The Kier molecular flexibility index (Phi) is 7.34. The Hall–Kier alpha value is -2.66. The van der Waals surface area contributed by atoms with Crippen LogP contribution in [0.1, 0.15) is 25.3 Å². The molecular formula is C25H28F4N2O4S. The number of methoxy groups -OCH3 is 1. The summed E-state index contributed by atoms with van der Waals surface area (Å²) in [5, 5.41) is 0. The van der Waals surface area contributed by atoms with Crippen molar-refractivity contribution in [3.8, 4) is 16.9 Å². The van der Waals surface area contributed by atoms with Crippen LogP contribution in [-0.4, -0.2) is 62.8 Å². The lowest BCUT2D eigenvalue weighted by atomic mass is 9.82. The minimum atomic E-state index is -4.07. The molecule has 0 spiro atoms. The summed E-state index contributed by atoms with van der Waals surface area (Å²) in [7, 11) is -2.60. The number of halogens is 4. The Balaban J connectivity index is 1.71. The molecule has 1 aliphatic carbocycles. The SMILES string of the molecule is CCS(=O)(=O)N[C@@H]1[C@H](Cc2cccc(-c3cccc(OC)c3)c2F)N(C(=O)C2CC(F)C2)CC1(F)F. The Labute approximate surface area is 207 Å². The van der Waals surface area contributed by atoms with Crippen molar-refractivity contribution in [2.24, 2.45) is 5.92 Å². The third-order valence-electron chi connectivity index (χ3n) is 6.91. The van der Waals surface area contributed by atoms with Crippen molar-refractivity contribution in [1.82, 2.24) is 9.62 Å². The molecule has 196 valence electrons. The molecule has 0 aromatic heterocycles. The van der Waals surface area contributed by atoms with Crippen molar-refractivity contribution in [2.75, 3.05) is 19.4 Å². The lowest BCUT2D eigenvalue weighted by Crippen LogP contribution is -2.53. The van der Waals surface area contributed by atoms with Gasteiger partial charge in [0.05, 0.1) is 25.4 Å². The van der Waals surface area contributed by atoms with Gasteiger partial charge in [-0.15, -0.1) is 0 Å². The molecule has 1 saturated heterocycles. The molecule has 0 unspecified atom stereocenters. The first-order chi connectivity index (χ1) is 17.0. The molecule has 2 aromatic carbocycles. The number of nitrogens with zero attached hydrogens (tertiary/aromatic N) is 1. The molecule has 1 saturated carbocycles. The fraction of sp³-hybridized carbons (Fsp3) is 0.480. The molecule has 0 bridgehead atoms. The molecule has 0 radical (unpaired) electrons. The van der Waals surface area contributed by atoms with Crippen molar-refractivity contribution in [1.29, 1.82) is 0 Å². The number of nitrogens with one attached hydrogen (secondary N) is 1. The van der Waals surface area contributed by atoms with E-state index in [0.717, 1.165) is 4.90 Å². The summed E-state index contributed by atoms with van der Waals surface area (Å²) >= 11 is 0. The minimum absolute atomic E-state index is 0.0495. The zero-order chi connectivity index (χ0) is 26.3. The number of hydrogen-bond acceptors (Lipinski definition) is 4. The molecule has 2 aromatic rings. The van der Waals surface area contributed by atoms with E-state index in [2.05, 4.69) is 0 Å². The van der Waals surface area contributed by atoms with E-state index in [9.17, 15) is 17.6 Å². The van der Waals surface area contributed by atoms with E-state index in [1.54, 1.807) is 30.3 Å². The number of carbonyl (C=O) groups excluding carboxylic acids is 1. The summed E-state index contributed by atoms with van der Waals surface area (Å²) in [5.74, 6) is -5.62. The zero-order valence-corrected chi connectivity index (χ0v) is 20.7. The molecule has 1 heterocycles. The predicted octanol–water partition coefficient (Wildman–Crippen LogP) is 3.95. The van der Waals surface area contributed by atoms with Crippen LogP contribution in [-0.2, 0) is 21.2 Å². The van der Waals surface area contributed by atoms with Gasteiger partial charge in [0.1, 0.15) is 23.8 Å². The molecule has 2 fully saturated rings. The Bertz CT molecular complexity index is 1230. The van der Waals surface area contributed by atoms with Gasteiger partial charge in [0, 0.05) is 11.5 Å². The van der Waals surface area contributed by atoms with Gasteiger partial charge in [0.2, 0.25) is 15.9 Å². The lowest BCUT2D eigenvalue weighted by Gasteiger charge is -2.35. The van der Waals surface area contributed by atoms with E-state index >= 15 is 13.2 Å². The second kappa shape index (κ2) is 10.0. The van der Waals surface area contributed by atoms with Crippen LogP contribution in [0.3, 0.4) is 0 Å². The summed E-state index contributed by atoms with van der Waals surface area (Å²) in [5.41, 5.74) is 0.762. The molecule has 4 rings (SSSR count). The number of hydrogen-bond donors (Lipinski definition) is 1. The topological polar surface area (TPSA) is 75.7 Å². The van der Waals surface area contributed by atoms with Crippen LogP contribution in [0.4, 0.5) is 17.6 Å². The van der Waals surface area contributed by atoms with Crippen LogP contribution in [0.5, 0.6) is 5.75 Å². The first-order valence-electron chi connectivity index (χ1n) is 11.7. The Morgan fingerprint density at radius 3 is 2.53 bits per heavy atom. The van der Waals surface area contributed by atoms with Crippen LogP contribution in [0.25, 0.3) is 11.1 Å². The average Bonchev–Trinajstić information content (AvgIpc) is 3.07. The van der Waals surface area contributed by atoms with Gasteiger partial charge >= 0.3 is 0 Å². The number of benzene rings is 2. The van der Waals surface area contributed by atoms with Gasteiger partial charge in [0.15, 0.2) is 0 Å². The third-order valence-corrected chi connectivity index (χ3v) is 8.28. The molecule has 2 aliphatic rings. The van der Waals surface area contributed by atoms with E-state index in [0.29, 0.717) is 11.3 Å². The maximum absolute atomic E-state index is 15.7. The van der Waals surface area contributed by atoms with Crippen LogP contribution in [0.2, 0.25) is 0 Å². The van der Waals surface area contributed by atoms with E-state index in [1.807, 2.05) is 4.72 Å². The second-order valence-electron chi connectivity index (χ2n) is 9.27. The maximum Gasteiger partial charge on any atom is 0.283 e. The summed E-state index contributed by atoms with van der Waals surface area (Å²) in [4.78, 5) is 13.9. The summed E-state index contributed by atoms with van der Waals surface area (Å²) < 4.78 is 91.0. The fourth-order valence-electron chi connectivity index (χ4n) is 4.78. The Morgan fingerprint density at radius 2 is 1.89 bits per heavy atom. The molecule has 11 heteroatoms. The average molecular weight is 529 g/mol. The molecule has 1 amide bonds. The van der Waals surface area contributed by atoms with E-state index in [-0.39, 0.29) is 30.4 Å². The molecule has 36 heavy (non-hydrogen) atoms. The smallest absolute Gasteiger partial charge is 0.283 e. The number of ether oxygens (including phenoxy) is 1. The highest BCUT2D eigenvalue weighted by atomic mass is 32.2.